The molecule has 2 N–H and O–H groups in total. The van der Waals surface area contributed by atoms with Crippen molar-refractivity contribution in [1.29, 1.82) is 0 Å². The van der Waals surface area contributed by atoms with Crippen molar-refractivity contribution in [1.82, 2.24) is 4.98 Å². The second kappa shape index (κ2) is 5.12. The Morgan fingerprint density at radius 2 is 2.20 bits per heavy atom. The zero-order valence-corrected chi connectivity index (χ0v) is 8.98. The van der Waals surface area contributed by atoms with Crippen LogP contribution in [0.25, 0.3) is 0 Å². The fourth-order valence-corrected chi connectivity index (χ4v) is 2.05. The number of hydrogen-bond acceptors (Lipinski definition) is 3. The van der Waals surface area contributed by atoms with Gasteiger partial charge < -0.3 is 10.5 Å². The molecule has 0 radical (unpaired) electrons. The van der Waals surface area contributed by atoms with Crippen LogP contribution in [0, 0.1) is 5.92 Å². The largest absolute Gasteiger partial charge is 0.493 e. The molecule has 1 aliphatic rings. The highest BCUT2D eigenvalue weighted by Gasteiger charge is 2.15. The summed E-state index contributed by atoms with van der Waals surface area (Å²) in [5.41, 5.74) is 6.41. The molecule has 82 valence electrons. The Morgan fingerprint density at radius 1 is 1.40 bits per heavy atom. The van der Waals surface area contributed by atoms with Gasteiger partial charge in [-0.2, -0.15) is 0 Å². The lowest BCUT2D eigenvalue weighted by molar-refractivity contribution is 0.251. The van der Waals surface area contributed by atoms with Crippen LogP contribution < -0.4 is 10.5 Å². The molecule has 0 amide bonds. The van der Waals surface area contributed by atoms with Crippen LogP contribution in [0.3, 0.4) is 0 Å². The quantitative estimate of drug-likeness (QED) is 0.820. The smallest absolute Gasteiger partial charge is 0.122 e. The third-order valence-corrected chi connectivity index (χ3v) is 2.96. The number of nitrogens with two attached hydrogens (primary N) is 1. The van der Waals surface area contributed by atoms with Gasteiger partial charge in [0.25, 0.3) is 0 Å². The highest BCUT2D eigenvalue weighted by Crippen LogP contribution is 2.25. The highest BCUT2D eigenvalue weighted by atomic mass is 16.5. The maximum Gasteiger partial charge on any atom is 0.122 e. The van der Waals surface area contributed by atoms with Crippen LogP contribution in [-0.2, 0) is 6.54 Å². The molecule has 0 bridgehead atoms. The van der Waals surface area contributed by atoms with E-state index in [0.29, 0.717) is 6.54 Å². The molecule has 2 rings (SSSR count). The minimum absolute atomic E-state index is 0.473. The Hall–Kier alpha value is -1.09. The molecule has 3 nitrogen and oxygen atoms in total. The molecule has 0 aliphatic heterocycles. The summed E-state index contributed by atoms with van der Waals surface area (Å²) in [6.07, 6.45) is 7.10. The van der Waals surface area contributed by atoms with Gasteiger partial charge in [0, 0.05) is 18.8 Å². The van der Waals surface area contributed by atoms with Gasteiger partial charge in [-0.15, -0.1) is 0 Å². The van der Waals surface area contributed by atoms with Crippen LogP contribution in [0.1, 0.15) is 31.4 Å². The normalized spacial score (nSPS) is 16.9. The van der Waals surface area contributed by atoms with Crippen molar-refractivity contribution in [3.8, 4) is 5.75 Å². The number of hydrogen-bond donors (Lipinski definition) is 1. The molecule has 1 aromatic rings. The Kier molecular flexibility index (Phi) is 3.56. The molecule has 15 heavy (non-hydrogen) atoms. The molecule has 1 heterocycles. The molecule has 0 saturated heterocycles. The van der Waals surface area contributed by atoms with E-state index in [1.165, 1.54) is 25.7 Å². The summed E-state index contributed by atoms with van der Waals surface area (Å²) in [7, 11) is 0. The number of pyridine rings is 1. The van der Waals surface area contributed by atoms with Crippen LogP contribution in [0.5, 0.6) is 5.75 Å². The first kappa shape index (κ1) is 10.4. The Bertz CT molecular complexity index is 308. The summed E-state index contributed by atoms with van der Waals surface area (Å²) >= 11 is 0. The molecule has 3 heteroatoms. The second-order valence-electron chi connectivity index (χ2n) is 4.15. The first-order valence-corrected chi connectivity index (χ1v) is 5.66. The van der Waals surface area contributed by atoms with Gasteiger partial charge in [-0.25, -0.2) is 0 Å². The highest BCUT2D eigenvalue weighted by molar-refractivity contribution is 5.22. The predicted octanol–water partition coefficient (Wildman–Crippen LogP) is 2.11. The summed E-state index contributed by atoms with van der Waals surface area (Å²) in [6, 6.07) is 3.82. The first-order valence-electron chi connectivity index (χ1n) is 5.66. The van der Waals surface area contributed by atoms with Gasteiger partial charge in [0.05, 0.1) is 12.3 Å². The molecule has 0 aromatic carbocycles. The van der Waals surface area contributed by atoms with Gasteiger partial charge >= 0.3 is 0 Å². The van der Waals surface area contributed by atoms with E-state index in [1.54, 1.807) is 6.20 Å². The maximum absolute atomic E-state index is 5.74. The monoisotopic (exact) mass is 206 g/mol. The zero-order valence-electron chi connectivity index (χ0n) is 8.98. The Balaban J connectivity index is 1.86. The Labute approximate surface area is 90.7 Å². The number of ether oxygens (including phenoxy) is 1. The van der Waals surface area contributed by atoms with Gasteiger partial charge in [-0.1, -0.05) is 12.8 Å². The van der Waals surface area contributed by atoms with E-state index in [2.05, 4.69) is 4.98 Å². The molecular formula is C12H18N2O. The molecule has 0 unspecified atom stereocenters. The number of rotatable bonds is 4. The van der Waals surface area contributed by atoms with Gasteiger partial charge in [0.15, 0.2) is 0 Å². The van der Waals surface area contributed by atoms with E-state index < -0.39 is 0 Å². The summed E-state index contributed by atoms with van der Waals surface area (Å²) in [5.74, 6) is 1.65. The first-order chi connectivity index (χ1) is 7.38. The van der Waals surface area contributed by atoms with Gasteiger partial charge in [0.2, 0.25) is 0 Å². The minimum atomic E-state index is 0.473. The Morgan fingerprint density at radius 3 is 2.93 bits per heavy atom. The summed E-state index contributed by atoms with van der Waals surface area (Å²) < 4.78 is 5.74. The molecule has 1 fully saturated rings. The van der Waals surface area contributed by atoms with Crippen LogP contribution in [0.2, 0.25) is 0 Å². The minimum Gasteiger partial charge on any atom is -0.493 e. The van der Waals surface area contributed by atoms with Crippen molar-refractivity contribution in [3.63, 3.8) is 0 Å². The summed E-state index contributed by atoms with van der Waals surface area (Å²) in [5, 5.41) is 0. The lowest BCUT2D eigenvalue weighted by Crippen LogP contribution is -2.08. The van der Waals surface area contributed by atoms with Crippen molar-refractivity contribution >= 4 is 0 Å². The maximum atomic E-state index is 5.74. The lowest BCUT2D eigenvalue weighted by atomic mass is 10.1. The molecule has 0 atom stereocenters. The van der Waals surface area contributed by atoms with Crippen molar-refractivity contribution in [2.24, 2.45) is 11.7 Å². The lowest BCUT2D eigenvalue weighted by Gasteiger charge is -2.11. The molecule has 1 aromatic heterocycles. The van der Waals surface area contributed by atoms with Crippen molar-refractivity contribution in [2.75, 3.05) is 6.61 Å². The van der Waals surface area contributed by atoms with E-state index in [1.807, 2.05) is 12.1 Å². The standard InChI is InChI=1S/C12H18N2O/c13-8-11-7-12(5-6-14-11)15-9-10-3-1-2-4-10/h5-7,10H,1-4,8-9,13H2. The second-order valence-corrected chi connectivity index (χ2v) is 4.15. The van der Waals surface area contributed by atoms with Crippen molar-refractivity contribution < 1.29 is 4.74 Å². The fraction of sp³-hybridized carbons (Fsp3) is 0.583. The molecule has 0 spiro atoms. The number of aromatic nitrogens is 1. The van der Waals surface area contributed by atoms with Crippen LogP contribution >= 0.6 is 0 Å². The van der Waals surface area contributed by atoms with Gasteiger partial charge in [-0.3, -0.25) is 4.98 Å². The van der Waals surface area contributed by atoms with Gasteiger partial charge in [-0.05, 0) is 24.8 Å². The third kappa shape index (κ3) is 2.93. The zero-order chi connectivity index (χ0) is 10.5. The van der Waals surface area contributed by atoms with Crippen LogP contribution in [-0.4, -0.2) is 11.6 Å². The average molecular weight is 206 g/mol. The van der Waals surface area contributed by atoms with Crippen LogP contribution in [0.15, 0.2) is 18.3 Å². The van der Waals surface area contributed by atoms with Crippen molar-refractivity contribution in [3.05, 3.63) is 24.0 Å². The predicted molar refractivity (Wildman–Crippen MR) is 59.6 cm³/mol. The third-order valence-electron chi connectivity index (χ3n) is 2.96. The van der Waals surface area contributed by atoms with E-state index in [4.69, 9.17) is 10.5 Å². The van der Waals surface area contributed by atoms with Crippen molar-refractivity contribution in [2.45, 2.75) is 32.2 Å². The molecular weight excluding hydrogens is 188 g/mol. The van der Waals surface area contributed by atoms with Gasteiger partial charge in [0.1, 0.15) is 5.75 Å². The molecule has 1 saturated carbocycles. The topological polar surface area (TPSA) is 48.1 Å². The fourth-order valence-electron chi connectivity index (χ4n) is 2.05. The van der Waals surface area contributed by atoms with E-state index in [-0.39, 0.29) is 0 Å². The van der Waals surface area contributed by atoms with Crippen LogP contribution in [0.4, 0.5) is 0 Å². The van der Waals surface area contributed by atoms with E-state index in [9.17, 15) is 0 Å². The molecule has 1 aliphatic carbocycles. The summed E-state index contributed by atoms with van der Waals surface area (Å²) in [4.78, 5) is 4.13. The van der Waals surface area contributed by atoms with E-state index in [0.717, 1.165) is 24.0 Å². The summed E-state index contributed by atoms with van der Waals surface area (Å²) in [6.45, 7) is 1.31. The average Bonchev–Trinajstić information content (AvgIpc) is 2.79. The van der Waals surface area contributed by atoms with E-state index >= 15 is 0 Å². The number of nitrogens with zero attached hydrogens (tertiary/aromatic N) is 1. The SMILES string of the molecule is NCc1cc(OCC2CCCC2)ccn1.